The quantitative estimate of drug-likeness (QED) is 0.294. The molecule has 32 heavy (non-hydrogen) atoms. The van der Waals surface area contributed by atoms with Gasteiger partial charge in [0.1, 0.15) is 42.6 Å². The smallest absolute Gasteiger partial charge is 0.196 e. The zero-order valence-electron chi connectivity index (χ0n) is 18.5. The highest BCUT2D eigenvalue weighted by Gasteiger charge is 2.50. The predicted octanol–water partition coefficient (Wildman–Crippen LogP) is 1.02. The van der Waals surface area contributed by atoms with E-state index in [4.69, 9.17) is 48.4 Å². The van der Waals surface area contributed by atoms with Gasteiger partial charge in [0.15, 0.2) is 18.7 Å². The second-order valence-electron chi connectivity index (χ2n) is 8.12. The molecule has 0 bridgehead atoms. The van der Waals surface area contributed by atoms with Crippen molar-refractivity contribution >= 4 is 30.1 Å². The van der Waals surface area contributed by atoms with E-state index >= 15 is 0 Å². The van der Waals surface area contributed by atoms with Gasteiger partial charge in [-0.15, -0.1) is 6.42 Å². The third kappa shape index (κ3) is 5.32. The fourth-order valence-electron chi connectivity index (χ4n) is 3.38. The van der Waals surface area contributed by atoms with E-state index in [9.17, 15) is 4.89 Å². The molecule has 1 aromatic rings. The molecule has 0 spiro atoms. The minimum absolute atomic E-state index is 0.00551. The van der Waals surface area contributed by atoms with Crippen LogP contribution in [0.15, 0.2) is 11.3 Å². The molecule has 1 fully saturated rings. The van der Waals surface area contributed by atoms with Crippen LogP contribution in [-0.2, 0) is 30.5 Å². The Kier molecular flexibility index (Phi) is 7.96. The number of hydrogen-bond acceptors (Lipinski definition) is 10. The molecule has 2 aliphatic rings. The summed E-state index contributed by atoms with van der Waals surface area (Å²) in [4.78, 5) is 19.2. The third-order valence-corrected chi connectivity index (χ3v) is 8.44. The molecule has 0 amide bonds. The standard InChI is InChI=1S/C19H31N6O5PS/c1-6-7-27-15-14(30-31(26,32)11(4)5)12(8-28-10(2)3)29-18(15)25-9-22-13-16(20)23-19(21)24-17(13)25/h1,9-12,14-16,18H,7-8,20H2,2-5H3,(H,26,32)(H3,21,23,24)/t12-,14+,15?,16?,18-,31?/m1/s1. The van der Waals surface area contributed by atoms with Crippen LogP contribution in [0.25, 0.3) is 0 Å². The van der Waals surface area contributed by atoms with Crippen LogP contribution < -0.4 is 16.8 Å². The van der Waals surface area contributed by atoms with E-state index in [-0.39, 0.29) is 30.9 Å². The number of guanidine groups is 1. The Morgan fingerprint density at radius 1 is 1.41 bits per heavy atom. The molecule has 11 nitrogen and oxygen atoms in total. The predicted molar refractivity (Wildman–Crippen MR) is 124 cm³/mol. The van der Waals surface area contributed by atoms with Gasteiger partial charge in [0.25, 0.3) is 0 Å². The van der Waals surface area contributed by atoms with Gasteiger partial charge in [-0.25, -0.2) is 9.98 Å². The Hall–Kier alpha value is -1.55. The van der Waals surface area contributed by atoms with Crippen LogP contribution >= 0.6 is 6.49 Å². The van der Waals surface area contributed by atoms with Crippen molar-refractivity contribution in [2.45, 2.75) is 70.2 Å². The molecule has 2 aliphatic heterocycles. The second kappa shape index (κ2) is 10.2. The van der Waals surface area contributed by atoms with E-state index < -0.39 is 37.2 Å². The number of ether oxygens (including phenoxy) is 3. The molecule has 178 valence electrons. The number of anilines is 1. The van der Waals surface area contributed by atoms with Crippen LogP contribution in [-0.4, -0.2) is 63.7 Å². The van der Waals surface area contributed by atoms with Gasteiger partial charge in [-0.1, -0.05) is 19.8 Å². The molecule has 3 heterocycles. The van der Waals surface area contributed by atoms with Gasteiger partial charge < -0.3 is 40.4 Å². The van der Waals surface area contributed by atoms with Crippen molar-refractivity contribution in [2.24, 2.45) is 16.5 Å². The van der Waals surface area contributed by atoms with Crippen molar-refractivity contribution < 1.29 is 23.6 Å². The first-order valence-corrected chi connectivity index (χ1v) is 13.0. The van der Waals surface area contributed by atoms with Crippen LogP contribution in [0.4, 0.5) is 5.82 Å². The minimum Gasteiger partial charge on any atom is -0.376 e. The molecule has 0 saturated carbocycles. The van der Waals surface area contributed by atoms with Gasteiger partial charge in [-0.2, -0.15) is 0 Å². The zero-order chi connectivity index (χ0) is 23.6. The second-order valence-corrected chi connectivity index (χ2v) is 12.1. The summed E-state index contributed by atoms with van der Waals surface area (Å²) in [6.45, 7) is 4.51. The highest BCUT2D eigenvalue weighted by Crippen LogP contribution is 2.52. The molecule has 6 N–H and O–H groups in total. The molecular weight excluding hydrogens is 455 g/mol. The van der Waals surface area contributed by atoms with Crippen LogP contribution in [0.3, 0.4) is 0 Å². The van der Waals surface area contributed by atoms with Crippen LogP contribution in [0.1, 0.15) is 45.8 Å². The molecule has 3 rings (SSSR count). The highest BCUT2D eigenvalue weighted by atomic mass is 32.5. The van der Waals surface area contributed by atoms with E-state index in [2.05, 4.69) is 21.2 Å². The zero-order valence-corrected chi connectivity index (χ0v) is 20.3. The van der Waals surface area contributed by atoms with E-state index in [1.165, 1.54) is 0 Å². The third-order valence-electron chi connectivity index (χ3n) is 5.06. The molecule has 3 unspecified atom stereocenters. The summed E-state index contributed by atoms with van der Waals surface area (Å²) in [5, 5.41) is 2.98. The largest absolute Gasteiger partial charge is 0.376 e. The summed E-state index contributed by atoms with van der Waals surface area (Å²) < 4.78 is 25.9. The van der Waals surface area contributed by atoms with Crippen LogP contribution in [0, 0.1) is 12.3 Å². The van der Waals surface area contributed by atoms with Crippen LogP contribution in [0.5, 0.6) is 0 Å². The number of hydrogen-bond donors (Lipinski definition) is 4. The lowest BCUT2D eigenvalue weighted by Crippen LogP contribution is -2.39. The monoisotopic (exact) mass is 486 g/mol. The molecule has 1 aromatic heterocycles. The normalized spacial score (nSPS) is 29.3. The Morgan fingerprint density at radius 2 is 2.12 bits per heavy atom. The lowest BCUT2D eigenvalue weighted by atomic mass is 10.1. The number of aliphatic imine (C=N–C) groups is 1. The molecule has 6 atom stereocenters. The van der Waals surface area contributed by atoms with Crippen molar-refractivity contribution in [2.75, 3.05) is 18.5 Å². The molecular formula is C19H31N6O5PS. The van der Waals surface area contributed by atoms with Gasteiger partial charge in [0.05, 0.1) is 19.0 Å². The average molecular weight is 487 g/mol. The summed E-state index contributed by atoms with van der Waals surface area (Å²) in [7, 11) is 0. The fraction of sp³-hybridized carbons (Fsp3) is 0.684. The maximum Gasteiger partial charge on any atom is 0.196 e. The first-order chi connectivity index (χ1) is 15.0. The van der Waals surface area contributed by atoms with Gasteiger partial charge in [0.2, 0.25) is 0 Å². The molecule has 0 radical (unpaired) electrons. The van der Waals surface area contributed by atoms with Gasteiger partial charge in [-0.3, -0.25) is 4.57 Å². The summed E-state index contributed by atoms with van der Waals surface area (Å²) in [6.07, 6.45) is 3.50. The number of nitrogens with two attached hydrogens (primary N) is 2. The Bertz CT molecular complexity index is 932. The summed E-state index contributed by atoms with van der Waals surface area (Å²) in [5.41, 5.74) is 12.2. The summed E-state index contributed by atoms with van der Waals surface area (Å²) >= 11 is 5.40. The van der Waals surface area contributed by atoms with Crippen molar-refractivity contribution in [1.29, 1.82) is 0 Å². The topological polar surface area (TPSA) is 151 Å². The van der Waals surface area contributed by atoms with Gasteiger partial charge in [0, 0.05) is 5.66 Å². The summed E-state index contributed by atoms with van der Waals surface area (Å²) in [5.74, 6) is 3.15. The van der Waals surface area contributed by atoms with Crippen molar-refractivity contribution in [3.05, 3.63) is 12.0 Å². The van der Waals surface area contributed by atoms with E-state index in [1.54, 1.807) is 10.9 Å². The van der Waals surface area contributed by atoms with Crippen molar-refractivity contribution in [3.63, 3.8) is 0 Å². The van der Waals surface area contributed by atoms with Crippen LogP contribution in [0.2, 0.25) is 0 Å². The molecule has 1 saturated heterocycles. The van der Waals surface area contributed by atoms with E-state index in [0.29, 0.717) is 11.5 Å². The molecule has 13 heteroatoms. The lowest BCUT2D eigenvalue weighted by Gasteiger charge is -2.30. The maximum absolute atomic E-state index is 10.8. The Morgan fingerprint density at radius 3 is 2.75 bits per heavy atom. The van der Waals surface area contributed by atoms with E-state index in [0.717, 1.165) is 0 Å². The Balaban J connectivity index is 1.98. The first-order valence-electron chi connectivity index (χ1n) is 10.3. The number of nitrogens with zero attached hydrogens (tertiary/aromatic N) is 3. The first kappa shape index (κ1) is 25.1. The minimum atomic E-state index is -3.15. The van der Waals surface area contributed by atoms with Crippen molar-refractivity contribution in [1.82, 2.24) is 9.55 Å². The Labute approximate surface area is 193 Å². The van der Waals surface area contributed by atoms with Gasteiger partial charge >= 0.3 is 0 Å². The number of fused-ring (bicyclic) bond motifs is 1. The number of terminal acetylenes is 1. The highest BCUT2D eigenvalue weighted by molar-refractivity contribution is 8.09. The van der Waals surface area contributed by atoms with E-state index in [1.807, 2.05) is 27.7 Å². The molecule has 0 aromatic carbocycles. The van der Waals surface area contributed by atoms with Gasteiger partial charge in [-0.05, 0) is 25.7 Å². The fourth-order valence-corrected chi connectivity index (χ4v) is 4.52. The lowest BCUT2D eigenvalue weighted by molar-refractivity contribution is -0.0790. The maximum atomic E-state index is 10.8. The number of aromatic nitrogens is 2. The average Bonchev–Trinajstić information content (AvgIpc) is 3.25. The van der Waals surface area contributed by atoms with Crippen molar-refractivity contribution in [3.8, 4) is 12.3 Å². The summed E-state index contributed by atoms with van der Waals surface area (Å²) in [6, 6.07) is 0. The number of rotatable bonds is 9. The number of nitrogens with one attached hydrogen (secondary N) is 1. The SMILES string of the molecule is C#CCOC1[C@@H](OP(O)(=S)C(C)C)[C@@H](COC(C)C)O[C@H]1n1cnc2c1NC(N)=NC2N. The molecule has 0 aliphatic carbocycles. The number of imidazole rings is 1.